The van der Waals surface area contributed by atoms with Crippen LogP contribution >= 0.6 is 0 Å². The summed E-state index contributed by atoms with van der Waals surface area (Å²) in [5.41, 5.74) is -0.426. The molecule has 2 bridgehead atoms. The molecule has 0 aromatic carbocycles. The van der Waals surface area contributed by atoms with Gasteiger partial charge >= 0.3 is 0 Å². The number of hydrogen-bond donors (Lipinski definition) is 0. The Labute approximate surface area is 140 Å². The van der Waals surface area contributed by atoms with Crippen molar-refractivity contribution in [1.29, 1.82) is 0 Å². The summed E-state index contributed by atoms with van der Waals surface area (Å²) >= 11 is 0. The zero-order chi connectivity index (χ0) is 17.5. The molecule has 24 heavy (non-hydrogen) atoms. The summed E-state index contributed by atoms with van der Waals surface area (Å²) in [4.78, 5) is 26.2. The van der Waals surface area contributed by atoms with Crippen molar-refractivity contribution in [3.05, 3.63) is 28.3 Å². The zero-order valence-electron chi connectivity index (χ0n) is 13.6. The van der Waals surface area contributed by atoms with Crippen LogP contribution in [-0.2, 0) is 10.0 Å². The minimum absolute atomic E-state index is 0.0344. The van der Waals surface area contributed by atoms with E-state index < -0.39 is 15.5 Å². The number of sulfonamides is 1. The smallest absolute Gasteiger partial charge is 0.290 e. The van der Waals surface area contributed by atoms with E-state index in [1.54, 1.807) is 4.90 Å². The number of ether oxygens (including phenoxy) is 1. The maximum Gasteiger partial charge on any atom is 0.290 e. The molecule has 0 spiro atoms. The molecule has 132 valence electrons. The van der Waals surface area contributed by atoms with E-state index in [1.165, 1.54) is 17.7 Å². The van der Waals surface area contributed by atoms with E-state index in [9.17, 15) is 18.0 Å². The monoisotopic (exact) mass is 356 g/mol. The maximum atomic E-state index is 12.7. The Bertz CT molecular complexity index is 802. The van der Waals surface area contributed by atoms with Crippen LogP contribution in [0.15, 0.2) is 21.5 Å². The Morgan fingerprint density at radius 3 is 2.67 bits per heavy atom. The van der Waals surface area contributed by atoms with Crippen molar-refractivity contribution in [3.8, 4) is 5.75 Å². The normalized spacial score (nSPS) is 24.7. The second-order valence-electron chi connectivity index (χ2n) is 6.31. The lowest BCUT2D eigenvalue weighted by Gasteiger charge is -2.35. The lowest BCUT2D eigenvalue weighted by molar-refractivity contribution is 0.0553. The van der Waals surface area contributed by atoms with Gasteiger partial charge < -0.3 is 14.1 Å². The average molecular weight is 356 g/mol. The van der Waals surface area contributed by atoms with Crippen LogP contribution in [0.25, 0.3) is 0 Å². The minimum Gasteiger partial charge on any atom is -0.490 e. The molecule has 8 nitrogen and oxygen atoms in total. The van der Waals surface area contributed by atoms with Gasteiger partial charge in [0.2, 0.25) is 21.2 Å². The number of methoxy groups -OCH3 is 1. The second-order valence-corrected chi connectivity index (χ2v) is 8.29. The Kier molecular flexibility index (Phi) is 4.39. The van der Waals surface area contributed by atoms with Crippen molar-refractivity contribution in [3.63, 3.8) is 0 Å². The first kappa shape index (κ1) is 17.0. The average Bonchev–Trinajstić information content (AvgIpc) is 2.86. The molecule has 2 atom stereocenters. The third-order valence-electron chi connectivity index (χ3n) is 4.64. The fourth-order valence-electron chi connectivity index (χ4n) is 3.36. The van der Waals surface area contributed by atoms with Gasteiger partial charge in [0, 0.05) is 31.7 Å². The summed E-state index contributed by atoms with van der Waals surface area (Å²) in [6, 6.07) is 0.909. The highest BCUT2D eigenvalue weighted by atomic mass is 32.2. The number of hydrogen-bond acceptors (Lipinski definition) is 6. The molecular formula is C15H20N2O6S. The van der Waals surface area contributed by atoms with Crippen molar-refractivity contribution in [2.45, 2.75) is 18.9 Å². The number of carbonyl (C=O) groups is 1. The predicted molar refractivity (Wildman–Crippen MR) is 85.5 cm³/mol. The Morgan fingerprint density at radius 2 is 2.04 bits per heavy atom. The topological polar surface area (TPSA) is 97.1 Å². The number of nitrogens with zero attached hydrogens (tertiary/aromatic N) is 2. The van der Waals surface area contributed by atoms with Gasteiger partial charge in [0.25, 0.3) is 5.91 Å². The van der Waals surface area contributed by atoms with Gasteiger partial charge in [-0.3, -0.25) is 9.59 Å². The molecule has 9 heteroatoms. The van der Waals surface area contributed by atoms with Crippen molar-refractivity contribution in [2.75, 3.05) is 33.0 Å². The lowest BCUT2D eigenvalue weighted by atomic mass is 9.95. The standard InChI is InChI=1S/C15H20N2O6S/c1-22-14-9-23-13(5-12(14)18)15(19)17-7-10-3-4-11(17)8-16(6-10)24(2,20)21/h5,9-11H,3-4,6-8H2,1-2H3/t10-,11+/m0/s1. The van der Waals surface area contributed by atoms with Gasteiger partial charge in [0.1, 0.15) is 6.26 Å². The van der Waals surface area contributed by atoms with Gasteiger partial charge in [-0.2, -0.15) is 4.31 Å². The third kappa shape index (κ3) is 3.18. The van der Waals surface area contributed by atoms with Crippen LogP contribution in [0, 0.1) is 5.92 Å². The fourth-order valence-corrected chi connectivity index (χ4v) is 4.28. The number of amides is 1. The predicted octanol–water partition coefficient (Wildman–Crippen LogP) is 0.144. The molecule has 4 heterocycles. The number of piperidine rings is 1. The molecule has 3 saturated heterocycles. The van der Waals surface area contributed by atoms with Gasteiger partial charge in [-0.05, 0) is 18.8 Å². The molecule has 0 aliphatic carbocycles. The van der Waals surface area contributed by atoms with E-state index >= 15 is 0 Å². The van der Waals surface area contributed by atoms with Crippen LogP contribution < -0.4 is 10.2 Å². The first-order valence-corrected chi connectivity index (χ1v) is 9.57. The summed E-state index contributed by atoms with van der Waals surface area (Å²) in [6.07, 6.45) is 3.93. The largest absolute Gasteiger partial charge is 0.490 e. The van der Waals surface area contributed by atoms with Crippen LogP contribution in [0.2, 0.25) is 0 Å². The number of carbonyl (C=O) groups excluding carboxylic acids is 1. The summed E-state index contributed by atoms with van der Waals surface area (Å²) in [5.74, 6) is -0.321. The highest BCUT2D eigenvalue weighted by Crippen LogP contribution is 2.30. The summed E-state index contributed by atoms with van der Waals surface area (Å²) in [5, 5.41) is 0. The SMILES string of the molecule is COc1coc(C(=O)N2C[C@H]3CC[C@@H]2CN(S(C)(=O)=O)C3)cc1=O. The van der Waals surface area contributed by atoms with Gasteiger partial charge in [0.05, 0.1) is 13.4 Å². The van der Waals surface area contributed by atoms with Crippen molar-refractivity contribution in [2.24, 2.45) is 5.92 Å². The molecule has 0 unspecified atom stereocenters. The quantitative estimate of drug-likeness (QED) is 0.764. The van der Waals surface area contributed by atoms with Gasteiger partial charge in [-0.15, -0.1) is 0 Å². The van der Waals surface area contributed by atoms with Crippen LogP contribution in [0.1, 0.15) is 23.4 Å². The van der Waals surface area contributed by atoms with Crippen LogP contribution in [0.3, 0.4) is 0 Å². The molecule has 3 aliphatic rings. The Balaban J connectivity index is 1.86. The first-order chi connectivity index (χ1) is 11.3. The summed E-state index contributed by atoms with van der Waals surface area (Å²) < 4.78 is 35.3. The van der Waals surface area contributed by atoms with Crippen LogP contribution in [0.5, 0.6) is 5.75 Å². The second kappa shape index (κ2) is 6.21. The van der Waals surface area contributed by atoms with Crippen molar-refractivity contribution < 1.29 is 22.4 Å². The highest BCUT2D eigenvalue weighted by Gasteiger charge is 2.40. The maximum absolute atomic E-state index is 12.7. The van der Waals surface area contributed by atoms with E-state index in [2.05, 4.69) is 0 Å². The summed E-state index contributed by atoms with van der Waals surface area (Å²) in [6.45, 7) is 1.17. The molecule has 0 saturated carbocycles. The number of rotatable bonds is 3. The van der Waals surface area contributed by atoms with Gasteiger partial charge in [0.15, 0.2) is 5.76 Å². The van der Waals surface area contributed by atoms with E-state index in [0.29, 0.717) is 13.1 Å². The van der Waals surface area contributed by atoms with Crippen LogP contribution in [-0.4, -0.2) is 62.6 Å². The Hall–Kier alpha value is -1.87. The van der Waals surface area contributed by atoms with E-state index in [0.717, 1.165) is 25.2 Å². The molecule has 4 rings (SSSR count). The lowest BCUT2D eigenvalue weighted by Crippen LogP contribution is -2.47. The van der Waals surface area contributed by atoms with E-state index in [-0.39, 0.29) is 35.9 Å². The molecule has 0 N–H and O–H groups in total. The van der Waals surface area contributed by atoms with E-state index in [1.807, 2.05) is 0 Å². The fraction of sp³-hybridized carbons (Fsp3) is 0.600. The zero-order valence-corrected chi connectivity index (χ0v) is 14.4. The number of fused-ring (bicyclic) bond motifs is 4. The molecule has 0 radical (unpaired) electrons. The molecule has 3 fully saturated rings. The van der Waals surface area contributed by atoms with Crippen LogP contribution in [0.4, 0.5) is 0 Å². The van der Waals surface area contributed by atoms with Gasteiger partial charge in [-0.25, -0.2) is 8.42 Å². The molecule has 1 aromatic heterocycles. The van der Waals surface area contributed by atoms with E-state index in [4.69, 9.17) is 9.15 Å². The van der Waals surface area contributed by atoms with Gasteiger partial charge in [-0.1, -0.05) is 0 Å². The van der Waals surface area contributed by atoms with Crippen molar-refractivity contribution in [1.82, 2.24) is 9.21 Å². The molecule has 3 aliphatic heterocycles. The molecule has 1 aromatic rings. The third-order valence-corrected chi connectivity index (χ3v) is 5.87. The first-order valence-electron chi connectivity index (χ1n) is 7.72. The minimum atomic E-state index is -3.30. The van der Waals surface area contributed by atoms with Crippen molar-refractivity contribution >= 4 is 15.9 Å². The molecular weight excluding hydrogens is 336 g/mol. The highest BCUT2D eigenvalue weighted by molar-refractivity contribution is 7.88. The Morgan fingerprint density at radius 1 is 1.29 bits per heavy atom. The molecule has 1 amide bonds. The summed E-state index contributed by atoms with van der Waals surface area (Å²) in [7, 11) is -1.95.